The van der Waals surface area contributed by atoms with E-state index in [1.807, 2.05) is 35.8 Å². The van der Waals surface area contributed by atoms with E-state index in [0.29, 0.717) is 47.5 Å². The molecule has 0 saturated heterocycles. The number of fused-ring (bicyclic) bond motifs is 1. The van der Waals surface area contributed by atoms with Crippen molar-refractivity contribution in [2.24, 2.45) is 11.7 Å². The number of hydrogen-bond acceptors (Lipinski definition) is 4. The molecular weight excluding hydrogens is 464 g/mol. The molecule has 184 valence electrons. The maximum Gasteiger partial charge on any atom is 0.269 e. The zero-order valence-electron chi connectivity index (χ0n) is 19.9. The van der Waals surface area contributed by atoms with E-state index in [1.54, 1.807) is 18.2 Å². The van der Waals surface area contributed by atoms with Crippen molar-refractivity contribution >= 4 is 40.2 Å². The number of benzene rings is 2. The molecular formula is C27H31ClN4O3. The monoisotopic (exact) mass is 494 g/mol. The number of aromatic nitrogens is 1. The number of nitrogens with zero attached hydrogens (tertiary/aromatic N) is 1. The molecule has 1 aliphatic carbocycles. The number of rotatable bonds is 8. The van der Waals surface area contributed by atoms with Crippen LogP contribution in [0.4, 0.5) is 0 Å². The molecule has 0 spiro atoms. The minimum atomic E-state index is -0.493. The summed E-state index contributed by atoms with van der Waals surface area (Å²) in [4.78, 5) is 24.9. The van der Waals surface area contributed by atoms with Crippen LogP contribution in [-0.2, 0) is 11.3 Å². The number of carbonyl (C=O) groups is 2. The third kappa shape index (κ3) is 5.51. The van der Waals surface area contributed by atoms with Gasteiger partial charge in [-0.05, 0) is 55.5 Å². The standard InChI is InChI=1S/C27H31ClN4O3/c1-2-35-26(30)20-12-13-21-22(14-20)32(16-18-8-10-19(11-9-18)25(29)33)24(23(21)28)27(34)31-15-17-6-4-3-5-7-17/h8-14,17,30H,2-7,15-16H2,1H3,(H2,29,33)(H,31,34). The van der Waals surface area contributed by atoms with Gasteiger partial charge in [0.05, 0.1) is 17.1 Å². The second kappa shape index (κ2) is 11.0. The number of hydrogen-bond donors (Lipinski definition) is 3. The molecule has 1 heterocycles. The fourth-order valence-electron chi connectivity index (χ4n) is 4.73. The Hall–Kier alpha value is -3.32. The van der Waals surface area contributed by atoms with Crippen LogP contribution < -0.4 is 11.1 Å². The van der Waals surface area contributed by atoms with E-state index in [0.717, 1.165) is 29.3 Å². The molecule has 35 heavy (non-hydrogen) atoms. The molecule has 4 N–H and O–H groups in total. The van der Waals surface area contributed by atoms with Crippen LogP contribution in [0.2, 0.25) is 5.02 Å². The molecule has 1 saturated carbocycles. The number of ether oxygens (including phenoxy) is 1. The van der Waals surface area contributed by atoms with E-state index in [1.165, 1.54) is 19.3 Å². The normalized spacial score (nSPS) is 14.1. The van der Waals surface area contributed by atoms with E-state index in [4.69, 9.17) is 27.5 Å². The van der Waals surface area contributed by atoms with Crippen molar-refractivity contribution in [2.45, 2.75) is 45.6 Å². The molecule has 2 aromatic carbocycles. The quantitative estimate of drug-likeness (QED) is 0.299. The van der Waals surface area contributed by atoms with Gasteiger partial charge in [-0.3, -0.25) is 15.0 Å². The highest BCUT2D eigenvalue weighted by Crippen LogP contribution is 2.33. The summed E-state index contributed by atoms with van der Waals surface area (Å²) in [6.07, 6.45) is 5.94. The van der Waals surface area contributed by atoms with Gasteiger partial charge in [0.25, 0.3) is 5.91 Å². The van der Waals surface area contributed by atoms with E-state index in [2.05, 4.69) is 5.32 Å². The Labute approximate surface area is 210 Å². The lowest BCUT2D eigenvalue weighted by Crippen LogP contribution is -2.32. The Kier molecular flexibility index (Phi) is 7.76. The fraction of sp³-hybridized carbons (Fsp3) is 0.370. The van der Waals surface area contributed by atoms with Gasteiger partial charge in [0.15, 0.2) is 0 Å². The first-order valence-corrected chi connectivity index (χ1v) is 12.5. The van der Waals surface area contributed by atoms with Gasteiger partial charge in [-0.2, -0.15) is 0 Å². The Balaban J connectivity index is 1.72. The predicted molar refractivity (Wildman–Crippen MR) is 138 cm³/mol. The summed E-state index contributed by atoms with van der Waals surface area (Å²) in [5.74, 6) is -0.156. The number of halogens is 1. The molecule has 0 unspecified atom stereocenters. The number of nitrogens with two attached hydrogens (primary N) is 1. The first-order chi connectivity index (χ1) is 16.9. The van der Waals surface area contributed by atoms with Gasteiger partial charge in [0.1, 0.15) is 5.69 Å². The average molecular weight is 495 g/mol. The summed E-state index contributed by atoms with van der Waals surface area (Å²) < 4.78 is 7.25. The van der Waals surface area contributed by atoms with Gasteiger partial charge in [0, 0.05) is 29.6 Å². The zero-order chi connectivity index (χ0) is 24.9. The van der Waals surface area contributed by atoms with Crippen molar-refractivity contribution < 1.29 is 14.3 Å². The number of amides is 2. The van der Waals surface area contributed by atoms with Crippen molar-refractivity contribution in [1.82, 2.24) is 9.88 Å². The van der Waals surface area contributed by atoms with Crippen LogP contribution in [0.3, 0.4) is 0 Å². The second-order valence-corrected chi connectivity index (χ2v) is 9.40. The molecule has 4 rings (SSSR count). The van der Waals surface area contributed by atoms with E-state index >= 15 is 0 Å². The van der Waals surface area contributed by atoms with Crippen molar-refractivity contribution in [3.05, 3.63) is 69.9 Å². The lowest BCUT2D eigenvalue weighted by atomic mass is 9.89. The summed E-state index contributed by atoms with van der Waals surface area (Å²) in [7, 11) is 0. The summed E-state index contributed by atoms with van der Waals surface area (Å²) in [5, 5.41) is 12.4. The van der Waals surface area contributed by atoms with Gasteiger partial charge in [-0.15, -0.1) is 0 Å². The van der Waals surface area contributed by atoms with Crippen molar-refractivity contribution in [2.75, 3.05) is 13.2 Å². The summed E-state index contributed by atoms with van der Waals surface area (Å²) in [6.45, 7) is 3.21. The van der Waals surface area contributed by atoms with E-state index in [9.17, 15) is 9.59 Å². The Morgan fingerprint density at radius 1 is 1.11 bits per heavy atom. The van der Waals surface area contributed by atoms with Crippen LogP contribution in [0.15, 0.2) is 42.5 Å². The molecule has 0 atom stereocenters. The maximum atomic E-state index is 13.4. The number of primary amides is 1. The summed E-state index contributed by atoms with van der Waals surface area (Å²) in [6, 6.07) is 12.4. The summed E-state index contributed by atoms with van der Waals surface area (Å²) in [5.41, 5.74) is 8.40. The van der Waals surface area contributed by atoms with Gasteiger partial charge >= 0.3 is 0 Å². The maximum absolute atomic E-state index is 13.4. The lowest BCUT2D eigenvalue weighted by Gasteiger charge is -2.22. The Morgan fingerprint density at radius 2 is 1.80 bits per heavy atom. The van der Waals surface area contributed by atoms with Crippen molar-refractivity contribution in [3.8, 4) is 0 Å². The first kappa shape index (κ1) is 24.8. The van der Waals surface area contributed by atoms with Crippen LogP contribution in [0.5, 0.6) is 0 Å². The minimum Gasteiger partial charge on any atom is -0.478 e. The lowest BCUT2D eigenvalue weighted by molar-refractivity contribution is 0.0934. The first-order valence-electron chi connectivity index (χ1n) is 12.1. The highest BCUT2D eigenvalue weighted by molar-refractivity contribution is 6.39. The molecule has 8 heteroatoms. The summed E-state index contributed by atoms with van der Waals surface area (Å²) >= 11 is 6.78. The topological polar surface area (TPSA) is 110 Å². The third-order valence-corrected chi connectivity index (χ3v) is 7.01. The van der Waals surface area contributed by atoms with Crippen LogP contribution in [0.25, 0.3) is 10.9 Å². The molecule has 2 amide bonds. The predicted octanol–water partition coefficient (Wildman–Crippen LogP) is 5.11. The Morgan fingerprint density at radius 3 is 2.46 bits per heavy atom. The van der Waals surface area contributed by atoms with Crippen LogP contribution >= 0.6 is 11.6 Å². The van der Waals surface area contributed by atoms with Crippen molar-refractivity contribution in [1.29, 1.82) is 5.41 Å². The highest BCUT2D eigenvalue weighted by atomic mass is 35.5. The molecule has 0 bridgehead atoms. The molecule has 1 fully saturated rings. The molecule has 0 aliphatic heterocycles. The van der Waals surface area contributed by atoms with E-state index in [-0.39, 0.29) is 11.8 Å². The number of carbonyl (C=O) groups excluding carboxylic acids is 2. The molecule has 1 aliphatic rings. The Bertz CT molecular complexity index is 1240. The molecule has 7 nitrogen and oxygen atoms in total. The van der Waals surface area contributed by atoms with E-state index < -0.39 is 5.91 Å². The molecule has 1 aromatic heterocycles. The number of nitrogens with one attached hydrogen (secondary N) is 2. The van der Waals surface area contributed by atoms with Gasteiger partial charge < -0.3 is 20.4 Å². The minimum absolute atomic E-state index is 0.0624. The molecule has 3 aromatic rings. The van der Waals surface area contributed by atoms with Crippen LogP contribution in [-0.4, -0.2) is 35.4 Å². The fourth-order valence-corrected chi connectivity index (χ4v) is 5.08. The molecule has 0 radical (unpaired) electrons. The van der Waals surface area contributed by atoms with Gasteiger partial charge in [-0.25, -0.2) is 0 Å². The van der Waals surface area contributed by atoms with Crippen LogP contribution in [0, 0.1) is 11.3 Å². The van der Waals surface area contributed by atoms with Crippen molar-refractivity contribution in [3.63, 3.8) is 0 Å². The van der Waals surface area contributed by atoms with Gasteiger partial charge in [-0.1, -0.05) is 49.1 Å². The average Bonchev–Trinajstić information content (AvgIpc) is 3.14. The SMILES string of the molecule is CCOC(=N)c1ccc2c(Cl)c(C(=O)NCC3CCCCC3)n(Cc3ccc(C(N)=O)cc3)c2c1. The highest BCUT2D eigenvalue weighted by Gasteiger charge is 2.24. The largest absolute Gasteiger partial charge is 0.478 e. The smallest absolute Gasteiger partial charge is 0.269 e. The third-order valence-electron chi connectivity index (χ3n) is 6.62. The van der Waals surface area contributed by atoms with Gasteiger partial charge in [0.2, 0.25) is 11.8 Å². The zero-order valence-corrected chi connectivity index (χ0v) is 20.7. The van der Waals surface area contributed by atoms with Crippen LogP contribution in [0.1, 0.15) is 71.0 Å². The second-order valence-electron chi connectivity index (χ2n) is 9.02.